The summed E-state index contributed by atoms with van der Waals surface area (Å²) in [6.45, 7) is 5.24. The van der Waals surface area contributed by atoms with E-state index in [1.165, 1.54) is 15.4 Å². The number of aromatic nitrogens is 2. The van der Waals surface area contributed by atoms with Gasteiger partial charge in [-0.2, -0.15) is 4.31 Å². The van der Waals surface area contributed by atoms with E-state index in [1.807, 2.05) is 12.1 Å². The molecule has 1 aliphatic rings. The number of piperazine rings is 1. The SMILES string of the molecule is Cc1ccccc1CN1CCN(S(=O)(=O)c2cccc3nonc23)CC1. The van der Waals surface area contributed by atoms with Crippen LogP contribution < -0.4 is 0 Å². The minimum Gasteiger partial charge on any atom is -0.296 e. The average molecular weight is 372 g/mol. The number of hydrogen-bond acceptors (Lipinski definition) is 6. The number of aryl methyl sites for hydroxylation is 1. The lowest BCUT2D eigenvalue weighted by molar-refractivity contribution is 0.181. The molecule has 0 atom stereocenters. The van der Waals surface area contributed by atoms with Crippen LogP contribution in [-0.2, 0) is 16.6 Å². The summed E-state index contributed by atoms with van der Waals surface area (Å²) in [5.41, 5.74) is 3.27. The topological polar surface area (TPSA) is 79.5 Å². The van der Waals surface area contributed by atoms with Crippen molar-refractivity contribution in [1.29, 1.82) is 0 Å². The van der Waals surface area contributed by atoms with Crippen LogP contribution in [-0.4, -0.2) is 54.1 Å². The van der Waals surface area contributed by atoms with Crippen molar-refractivity contribution in [1.82, 2.24) is 19.5 Å². The highest BCUT2D eigenvalue weighted by atomic mass is 32.2. The molecule has 2 heterocycles. The summed E-state index contributed by atoms with van der Waals surface area (Å²) in [5, 5.41) is 7.49. The first-order chi connectivity index (χ1) is 12.6. The van der Waals surface area contributed by atoms with E-state index in [1.54, 1.807) is 18.2 Å². The fraction of sp³-hybridized carbons (Fsp3) is 0.333. The first-order valence-electron chi connectivity index (χ1n) is 8.54. The normalized spacial score (nSPS) is 17.0. The minimum atomic E-state index is -3.62. The van der Waals surface area contributed by atoms with Gasteiger partial charge in [0.1, 0.15) is 10.4 Å². The molecule has 1 aliphatic heterocycles. The smallest absolute Gasteiger partial charge is 0.245 e. The molecule has 8 heteroatoms. The summed E-state index contributed by atoms with van der Waals surface area (Å²) >= 11 is 0. The van der Waals surface area contributed by atoms with Gasteiger partial charge in [-0.15, -0.1) is 0 Å². The number of nitrogens with zero attached hydrogens (tertiary/aromatic N) is 4. The molecule has 0 unspecified atom stereocenters. The van der Waals surface area contributed by atoms with Crippen molar-refractivity contribution in [3.63, 3.8) is 0 Å². The number of hydrogen-bond donors (Lipinski definition) is 0. The zero-order valence-corrected chi connectivity index (χ0v) is 15.3. The van der Waals surface area contributed by atoms with Crippen LogP contribution >= 0.6 is 0 Å². The van der Waals surface area contributed by atoms with Crippen LogP contribution in [0.3, 0.4) is 0 Å². The van der Waals surface area contributed by atoms with Crippen LogP contribution in [0.2, 0.25) is 0 Å². The van der Waals surface area contributed by atoms with E-state index < -0.39 is 10.0 Å². The van der Waals surface area contributed by atoms with Gasteiger partial charge >= 0.3 is 0 Å². The van der Waals surface area contributed by atoms with Crippen LogP contribution in [0.25, 0.3) is 11.0 Å². The van der Waals surface area contributed by atoms with Crippen molar-refractivity contribution in [2.24, 2.45) is 0 Å². The Morgan fingerprint density at radius 3 is 2.54 bits per heavy atom. The van der Waals surface area contributed by atoms with Crippen molar-refractivity contribution in [2.45, 2.75) is 18.4 Å². The predicted molar refractivity (Wildman–Crippen MR) is 97.0 cm³/mol. The Morgan fingerprint density at radius 2 is 1.77 bits per heavy atom. The van der Waals surface area contributed by atoms with Crippen LogP contribution in [0.15, 0.2) is 52.0 Å². The van der Waals surface area contributed by atoms with E-state index in [-0.39, 0.29) is 10.4 Å². The maximum atomic E-state index is 13.0. The summed E-state index contributed by atoms with van der Waals surface area (Å²) in [7, 11) is -3.62. The van der Waals surface area contributed by atoms with Gasteiger partial charge in [0.2, 0.25) is 10.0 Å². The molecule has 0 aliphatic carbocycles. The van der Waals surface area contributed by atoms with Crippen molar-refractivity contribution in [3.05, 3.63) is 53.6 Å². The third-order valence-corrected chi connectivity index (χ3v) is 6.78. The number of rotatable bonds is 4. The Morgan fingerprint density at radius 1 is 1.00 bits per heavy atom. The van der Waals surface area contributed by atoms with Crippen molar-refractivity contribution in [3.8, 4) is 0 Å². The van der Waals surface area contributed by atoms with Gasteiger partial charge in [-0.3, -0.25) is 4.90 Å². The van der Waals surface area contributed by atoms with Crippen LogP contribution in [0.5, 0.6) is 0 Å². The molecule has 2 aromatic carbocycles. The monoisotopic (exact) mass is 372 g/mol. The Balaban J connectivity index is 1.49. The summed E-state index contributed by atoms with van der Waals surface area (Å²) in [6.07, 6.45) is 0. The lowest BCUT2D eigenvalue weighted by Crippen LogP contribution is -2.48. The molecule has 136 valence electrons. The van der Waals surface area contributed by atoms with Gasteiger partial charge in [0.25, 0.3) is 0 Å². The molecule has 0 radical (unpaired) electrons. The molecular weight excluding hydrogens is 352 g/mol. The molecule has 4 rings (SSSR count). The third-order valence-electron chi connectivity index (χ3n) is 4.85. The molecule has 0 spiro atoms. The van der Waals surface area contributed by atoms with Gasteiger partial charge in [0, 0.05) is 32.7 Å². The number of benzene rings is 2. The standard InChI is InChI=1S/C18H20N4O3S/c1-14-5-2-3-6-15(14)13-21-9-11-22(12-10-21)26(23,24)17-8-4-7-16-18(17)20-25-19-16/h2-8H,9-13H2,1H3. The Kier molecular flexibility index (Phi) is 4.47. The molecule has 1 saturated heterocycles. The summed E-state index contributed by atoms with van der Waals surface area (Å²) in [6, 6.07) is 13.2. The number of fused-ring (bicyclic) bond motifs is 1. The number of sulfonamides is 1. The second-order valence-electron chi connectivity index (χ2n) is 6.49. The molecule has 0 saturated carbocycles. The first-order valence-corrected chi connectivity index (χ1v) is 9.98. The molecule has 3 aromatic rings. The summed E-state index contributed by atoms with van der Waals surface area (Å²) in [5.74, 6) is 0. The van der Waals surface area contributed by atoms with Gasteiger partial charge in [-0.25, -0.2) is 13.0 Å². The highest BCUT2D eigenvalue weighted by molar-refractivity contribution is 7.89. The van der Waals surface area contributed by atoms with Crippen molar-refractivity contribution >= 4 is 21.1 Å². The second-order valence-corrected chi connectivity index (χ2v) is 8.40. The lowest BCUT2D eigenvalue weighted by Gasteiger charge is -2.34. The second kappa shape index (κ2) is 6.79. The molecular formula is C18H20N4O3S. The van der Waals surface area contributed by atoms with E-state index >= 15 is 0 Å². The van der Waals surface area contributed by atoms with Crippen LogP contribution in [0.4, 0.5) is 0 Å². The van der Waals surface area contributed by atoms with Gasteiger partial charge in [-0.1, -0.05) is 30.3 Å². The van der Waals surface area contributed by atoms with Gasteiger partial charge in [0.15, 0.2) is 5.52 Å². The minimum absolute atomic E-state index is 0.156. The Hall–Kier alpha value is -2.29. The predicted octanol–water partition coefficient (Wildman–Crippen LogP) is 2.04. The summed E-state index contributed by atoms with van der Waals surface area (Å²) < 4.78 is 32.2. The third kappa shape index (κ3) is 3.11. The first kappa shape index (κ1) is 17.1. The highest BCUT2D eigenvalue weighted by Gasteiger charge is 2.31. The zero-order chi connectivity index (χ0) is 18.1. The van der Waals surface area contributed by atoms with Gasteiger partial charge < -0.3 is 0 Å². The average Bonchev–Trinajstić information content (AvgIpc) is 3.13. The lowest BCUT2D eigenvalue weighted by atomic mass is 10.1. The Bertz CT molecular complexity index is 1020. The van der Waals surface area contributed by atoms with E-state index in [9.17, 15) is 8.42 Å². The van der Waals surface area contributed by atoms with E-state index in [2.05, 4.69) is 34.3 Å². The van der Waals surface area contributed by atoms with Crippen molar-refractivity contribution in [2.75, 3.05) is 26.2 Å². The fourth-order valence-electron chi connectivity index (χ4n) is 3.29. The molecule has 1 fully saturated rings. The van der Waals surface area contributed by atoms with Gasteiger partial charge in [-0.05, 0) is 40.5 Å². The van der Waals surface area contributed by atoms with Crippen LogP contribution in [0.1, 0.15) is 11.1 Å². The molecule has 0 bridgehead atoms. The Labute approximate surface area is 152 Å². The fourth-order valence-corrected chi connectivity index (χ4v) is 4.84. The van der Waals surface area contributed by atoms with Crippen molar-refractivity contribution < 1.29 is 13.0 Å². The van der Waals surface area contributed by atoms with E-state index in [0.717, 1.165) is 6.54 Å². The molecule has 7 nitrogen and oxygen atoms in total. The molecule has 26 heavy (non-hydrogen) atoms. The highest BCUT2D eigenvalue weighted by Crippen LogP contribution is 2.24. The largest absolute Gasteiger partial charge is 0.296 e. The maximum Gasteiger partial charge on any atom is 0.245 e. The van der Waals surface area contributed by atoms with E-state index in [4.69, 9.17) is 4.63 Å². The molecule has 0 amide bonds. The quantitative estimate of drug-likeness (QED) is 0.697. The zero-order valence-electron chi connectivity index (χ0n) is 14.5. The van der Waals surface area contributed by atoms with E-state index in [0.29, 0.717) is 31.7 Å². The van der Waals surface area contributed by atoms with Gasteiger partial charge in [0.05, 0.1) is 0 Å². The summed E-state index contributed by atoms with van der Waals surface area (Å²) in [4.78, 5) is 2.44. The molecule has 1 aromatic heterocycles. The molecule has 0 N–H and O–H groups in total. The van der Waals surface area contributed by atoms with Crippen LogP contribution in [0, 0.1) is 6.92 Å². The maximum absolute atomic E-state index is 13.0.